The van der Waals surface area contributed by atoms with Gasteiger partial charge in [-0.15, -0.1) is 0 Å². The molecule has 2 rings (SSSR count). The van der Waals surface area contributed by atoms with Crippen LogP contribution in [0.4, 0.5) is 14.6 Å². The molecule has 2 aromatic rings. The van der Waals surface area contributed by atoms with Crippen molar-refractivity contribution < 1.29 is 8.78 Å². The molecule has 0 bridgehead atoms. The number of nitrogens with zero attached hydrogens (tertiary/aromatic N) is 2. The van der Waals surface area contributed by atoms with E-state index in [9.17, 15) is 8.78 Å². The lowest BCUT2D eigenvalue weighted by atomic mass is 10.2. The van der Waals surface area contributed by atoms with Crippen molar-refractivity contribution >= 4 is 5.82 Å². The summed E-state index contributed by atoms with van der Waals surface area (Å²) in [5, 5.41) is 7.16. The van der Waals surface area contributed by atoms with Gasteiger partial charge in [0.25, 0.3) is 0 Å². The Bertz CT molecular complexity index is 535. The monoisotopic (exact) mass is 237 g/mol. The van der Waals surface area contributed by atoms with Crippen LogP contribution in [-0.2, 0) is 13.6 Å². The molecule has 0 aliphatic carbocycles. The first kappa shape index (κ1) is 11.6. The highest BCUT2D eigenvalue weighted by Gasteiger charge is 2.05. The molecule has 1 heterocycles. The van der Waals surface area contributed by atoms with Crippen molar-refractivity contribution in [2.24, 2.45) is 7.05 Å². The minimum Gasteiger partial charge on any atom is -0.366 e. The van der Waals surface area contributed by atoms with Gasteiger partial charge < -0.3 is 5.32 Å². The van der Waals surface area contributed by atoms with E-state index in [1.165, 1.54) is 6.07 Å². The van der Waals surface area contributed by atoms with Crippen LogP contribution in [0.25, 0.3) is 0 Å². The van der Waals surface area contributed by atoms with E-state index in [0.717, 1.165) is 23.6 Å². The number of nitrogens with one attached hydrogen (secondary N) is 1. The molecule has 0 fully saturated rings. The largest absolute Gasteiger partial charge is 0.366 e. The Balaban J connectivity index is 2.12. The maximum Gasteiger partial charge on any atom is 0.128 e. The first-order chi connectivity index (χ1) is 8.06. The number of rotatable bonds is 3. The van der Waals surface area contributed by atoms with Crippen molar-refractivity contribution in [3.05, 3.63) is 47.2 Å². The molecule has 5 heteroatoms. The first-order valence-corrected chi connectivity index (χ1v) is 5.24. The summed E-state index contributed by atoms with van der Waals surface area (Å²) in [5.41, 5.74) is 1.17. The summed E-state index contributed by atoms with van der Waals surface area (Å²) in [6, 6.07) is 5.26. The summed E-state index contributed by atoms with van der Waals surface area (Å²) in [5.74, 6) is -0.0895. The van der Waals surface area contributed by atoms with Gasteiger partial charge in [0.1, 0.15) is 17.5 Å². The van der Waals surface area contributed by atoms with E-state index < -0.39 is 11.6 Å². The van der Waals surface area contributed by atoms with Gasteiger partial charge in [0.15, 0.2) is 0 Å². The van der Waals surface area contributed by atoms with Gasteiger partial charge >= 0.3 is 0 Å². The summed E-state index contributed by atoms with van der Waals surface area (Å²) in [6.07, 6.45) is 0. The summed E-state index contributed by atoms with van der Waals surface area (Å²) >= 11 is 0. The summed E-state index contributed by atoms with van der Waals surface area (Å²) in [4.78, 5) is 0. The molecule has 0 saturated heterocycles. The van der Waals surface area contributed by atoms with E-state index in [4.69, 9.17) is 0 Å². The second-order valence-electron chi connectivity index (χ2n) is 3.88. The molecule has 0 unspecified atom stereocenters. The van der Waals surface area contributed by atoms with Crippen LogP contribution in [0.15, 0.2) is 24.3 Å². The van der Waals surface area contributed by atoms with Crippen molar-refractivity contribution in [1.29, 1.82) is 0 Å². The molecule has 0 aliphatic heterocycles. The van der Waals surface area contributed by atoms with Crippen LogP contribution in [0.5, 0.6) is 0 Å². The van der Waals surface area contributed by atoms with Crippen molar-refractivity contribution in [3.8, 4) is 0 Å². The van der Waals surface area contributed by atoms with Gasteiger partial charge in [-0.1, -0.05) is 0 Å². The highest BCUT2D eigenvalue weighted by Crippen LogP contribution is 2.13. The minimum atomic E-state index is -0.440. The van der Waals surface area contributed by atoms with E-state index in [1.807, 2.05) is 13.0 Å². The van der Waals surface area contributed by atoms with Crippen LogP contribution in [0.3, 0.4) is 0 Å². The van der Waals surface area contributed by atoms with Gasteiger partial charge in [-0.25, -0.2) is 8.78 Å². The van der Waals surface area contributed by atoms with Crippen LogP contribution in [0, 0.1) is 18.6 Å². The van der Waals surface area contributed by atoms with Crippen LogP contribution >= 0.6 is 0 Å². The molecule has 3 nitrogen and oxygen atoms in total. The van der Waals surface area contributed by atoms with Crippen molar-refractivity contribution in [2.45, 2.75) is 13.5 Å². The Morgan fingerprint density at radius 3 is 2.71 bits per heavy atom. The molecule has 17 heavy (non-hydrogen) atoms. The van der Waals surface area contributed by atoms with E-state index in [2.05, 4.69) is 10.4 Å². The molecule has 0 saturated carbocycles. The number of halogens is 2. The maximum absolute atomic E-state index is 13.3. The smallest absolute Gasteiger partial charge is 0.128 e. The second kappa shape index (κ2) is 4.53. The molecule has 90 valence electrons. The summed E-state index contributed by atoms with van der Waals surface area (Å²) in [6.45, 7) is 2.09. The number of anilines is 1. The number of aromatic nitrogens is 2. The third-order valence-electron chi connectivity index (χ3n) is 2.47. The Morgan fingerprint density at radius 1 is 1.29 bits per heavy atom. The zero-order valence-corrected chi connectivity index (χ0v) is 9.67. The standard InChI is InChI=1S/C12H13F2N3/c1-8-5-12(17(2)16-8)15-7-9-6-10(13)3-4-11(9)14/h3-6,15H,7H2,1-2H3. The predicted octanol–water partition coefficient (Wildman–Crippen LogP) is 2.62. The number of benzene rings is 1. The Hall–Kier alpha value is -1.91. The molecular weight excluding hydrogens is 224 g/mol. The highest BCUT2D eigenvalue weighted by molar-refractivity contribution is 5.37. The van der Waals surface area contributed by atoms with Crippen LogP contribution in [0.2, 0.25) is 0 Å². The molecule has 1 aromatic carbocycles. The number of aryl methyl sites for hydroxylation is 2. The lowest BCUT2D eigenvalue weighted by Gasteiger charge is -2.07. The van der Waals surface area contributed by atoms with Gasteiger partial charge in [-0.3, -0.25) is 4.68 Å². The molecule has 0 spiro atoms. The number of hydrogen-bond donors (Lipinski definition) is 1. The fraction of sp³-hybridized carbons (Fsp3) is 0.250. The molecule has 1 N–H and O–H groups in total. The molecule has 0 amide bonds. The van der Waals surface area contributed by atoms with Gasteiger partial charge in [0.2, 0.25) is 0 Å². The molecule has 1 aromatic heterocycles. The van der Waals surface area contributed by atoms with Crippen molar-refractivity contribution in [3.63, 3.8) is 0 Å². The SMILES string of the molecule is Cc1cc(NCc2cc(F)ccc2F)n(C)n1. The highest BCUT2D eigenvalue weighted by atomic mass is 19.1. The minimum absolute atomic E-state index is 0.225. The van der Waals surface area contributed by atoms with Gasteiger partial charge in [0, 0.05) is 25.2 Å². The Morgan fingerprint density at radius 2 is 2.06 bits per heavy atom. The summed E-state index contributed by atoms with van der Waals surface area (Å²) < 4.78 is 28.0. The lowest BCUT2D eigenvalue weighted by Crippen LogP contribution is -2.06. The topological polar surface area (TPSA) is 29.9 Å². The molecular formula is C12H13F2N3. The zero-order valence-electron chi connectivity index (χ0n) is 9.67. The third-order valence-corrected chi connectivity index (χ3v) is 2.47. The second-order valence-corrected chi connectivity index (χ2v) is 3.88. The van der Waals surface area contributed by atoms with Gasteiger partial charge in [-0.05, 0) is 25.1 Å². The van der Waals surface area contributed by atoms with E-state index >= 15 is 0 Å². The fourth-order valence-electron chi connectivity index (χ4n) is 1.64. The zero-order chi connectivity index (χ0) is 12.4. The maximum atomic E-state index is 13.3. The first-order valence-electron chi connectivity index (χ1n) is 5.24. The third kappa shape index (κ3) is 2.61. The number of hydrogen-bond acceptors (Lipinski definition) is 2. The van der Waals surface area contributed by atoms with Crippen molar-refractivity contribution in [1.82, 2.24) is 9.78 Å². The Kier molecular flexibility index (Phi) is 3.08. The average Bonchev–Trinajstić information content (AvgIpc) is 2.59. The van der Waals surface area contributed by atoms with Crippen LogP contribution < -0.4 is 5.32 Å². The normalized spacial score (nSPS) is 10.6. The Labute approximate surface area is 98.1 Å². The quantitative estimate of drug-likeness (QED) is 0.889. The van der Waals surface area contributed by atoms with E-state index in [1.54, 1.807) is 11.7 Å². The van der Waals surface area contributed by atoms with Gasteiger partial charge in [0.05, 0.1) is 5.69 Å². The van der Waals surface area contributed by atoms with Crippen LogP contribution in [-0.4, -0.2) is 9.78 Å². The predicted molar refractivity (Wildman–Crippen MR) is 61.6 cm³/mol. The van der Waals surface area contributed by atoms with Crippen molar-refractivity contribution in [2.75, 3.05) is 5.32 Å². The lowest BCUT2D eigenvalue weighted by molar-refractivity contribution is 0.587. The molecule has 0 radical (unpaired) electrons. The van der Waals surface area contributed by atoms with Crippen LogP contribution in [0.1, 0.15) is 11.3 Å². The average molecular weight is 237 g/mol. The van der Waals surface area contributed by atoms with E-state index in [-0.39, 0.29) is 6.54 Å². The molecule has 0 aliphatic rings. The molecule has 0 atom stereocenters. The van der Waals surface area contributed by atoms with E-state index in [0.29, 0.717) is 5.56 Å². The van der Waals surface area contributed by atoms with Gasteiger partial charge in [-0.2, -0.15) is 5.10 Å². The summed E-state index contributed by atoms with van der Waals surface area (Å²) in [7, 11) is 1.79. The fourth-order valence-corrected chi connectivity index (χ4v) is 1.64.